The van der Waals surface area contributed by atoms with Crippen LogP contribution in [0.5, 0.6) is 0 Å². The Morgan fingerprint density at radius 2 is 1.74 bits per heavy atom. The minimum Gasteiger partial charge on any atom is -0.434 e. The van der Waals surface area contributed by atoms with Crippen LogP contribution in [0, 0.1) is 0 Å². The van der Waals surface area contributed by atoms with Crippen molar-refractivity contribution < 1.29 is 46.8 Å². The molecule has 0 rings (SSSR count). The van der Waals surface area contributed by atoms with Gasteiger partial charge < -0.3 is 9.47 Å². The maximum absolute atomic E-state index is 13.1. The number of carbonyl (C=O) groups is 2. The summed E-state index contributed by atoms with van der Waals surface area (Å²) in [6.07, 6.45) is -1.20. The van der Waals surface area contributed by atoms with Gasteiger partial charge in [0, 0.05) is 13.0 Å². The number of alkyl halides is 4. The van der Waals surface area contributed by atoms with Gasteiger partial charge in [-0.15, -0.1) is 0 Å². The summed E-state index contributed by atoms with van der Waals surface area (Å²) < 4.78 is 60.5. The van der Waals surface area contributed by atoms with Crippen LogP contribution < -0.4 is 0 Å². The number of halogens is 4. The van der Waals surface area contributed by atoms with Crippen LogP contribution in [0.15, 0.2) is 0 Å². The van der Waals surface area contributed by atoms with Crippen LogP contribution in [0.25, 0.3) is 0 Å². The second-order valence-electron chi connectivity index (χ2n) is 3.20. The first-order valence-corrected chi connectivity index (χ1v) is 5.02. The van der Waals surface area contributed by atoms with Crippen LogP contribution in [0.1, 0.15) is 13.3 Å². The lowest BCUT2D eigenvalue weighted by Crippen LogP contribution is -2.53. The van der Waals surface area contributed by atoms with Gasteiger partial charge in [0.15, 0.2) is 6.79 Å². The van der Waals surface area contributed by atoms with E-state index in [0.29, 0.717) is 0 Å². The Hall–Kier alpha value is -1.26. The molecule has 0 aromatic heterocycles. The number of hydrogen-bond acceptors (Lipinski definition) is 6. The molecule has 0 aromatic carbocycles. The fourth-order valence-electron chi connectivity index (χ4n) is 0.868. The normalized spacial score (nSPS) is 12.3. The first kappa shape index (κ1) is 17.7. The molecular formula is C9H12F4O6. The summed E-state index contributed by atoms with van der Waals surface area (Å²) >= 11 is 0. The third kappa shape index (κ3) is 4.40. The second-order valence-corrected chi connectivity index (χ2v) is 3.20. The Morgan fingerprint density at radius 3 is 2.21 bits per heavy atom. The van der Waals surface area contributed by atoms with Gasteiger partial charge >= 0.3 is 17.8 Å². The van der Waals surface area contributed by atoms with Crippen LogP contribution in [-0.2, 0) is 24.0 Å². The Morgan fingerprint density at radius 1 is 1.16 bits per heavy atom. The first-order valence-electron chi connectivity index (χ1n) is 5.02. The molecular weight excluding hydrogens is 280 g/mol. The van der Waals surface area contributed by atoms with Crippen LogP contribution in [0.3, 0.4) is 0 Å². The van der Waals surface area contributed by atoms with Crippen molar-refractivity contribution in [3.05, 3.63) is 0 Å². The van der Waals surface area contributed by atoms with Gasteiger partial charge in [0.25, 0.3) is 0 Å². The number of esters is 1. The third-order valence-corrected chi connectivity index (χ3v) is 1.90. The van der Waals surface area contributed by atoms with Crippen molar-refractivity contribution in [3.8, 4) is 0 Å². The largest absolute Gasteiger partial charge is 0.434 e. The summed E-state index contributed by atoms with van der Waals surface area (Å²) in [7, 11) is 0. The molecule has 0 heterocycles. The minimum atomic E-state index is -5.34. The van der Waals surface area contributed by atoms with Crippen molar-refractivity contribution in [1.82, 2.24) is 0 Å². The van der Waals surface area contributed by atoms with Crippen molar-refractivity contribution in [2.45, 2.75) is 25.2 Å². The highest BCUT2D eigenvalue weighted by Gasteiger charge is 2.67. The zero-order valence-corrected chi connectivity index (χ0v) is 9.83. The highest BCUT2D eigenvalue weighted by molar-refractivity contribution is 5.94. The van der Waals surface area contributed by atoms with Crippen molar-refractivity contribution in [1.29, 1.82) is 0 Å². The van der Waals surface area contributed by atoms with Gasteiger partial charge in [-0.2, -0.15) is 17.6 Å². The molecule has 0 aliphatic rings. The summed E-state index contributed by atoms with van der Waals surface area (Å²) in [5.41, 5.74) is 0. The number of ether oxygens (including phenoxy) is 2. The molecule has 0 aliphatic heterocycles. The van der Waals surface area contributed by atoms with E-state index >= 15 is 0 Å². The molecule has 0 saturated carbocycles. The van der Waals surface area contributed by atoms with Crippen LogP contribution in [0.2, 0.25) is 0 Å². The Balaban J connectivity index is 4.74. The van der Waals surface area contributed by atoms with Crippen molar-refractivity contribution in [2.75, 3.05) is 20.0 Å². The maximum atomic E-state index is 13.1. The Bertz CT molecular complexity index is 320. The lowest BCUT2D eigenvalue weighted by Gasteiger charge is -2.23. The van der Waals surface area contributed by atoms with Crippen LogP contribution >= 0.6 is 0 Å². The van der Waals surface area contributed by atoms with Gasteiger partial charge in [0.05, 0.1) is 6.61 Å². The Kier molecular flexibility index (Phi) is 6.87. The molecule has 0 aromatic rings. The van der Waals surface area contributed by atoms with Gasteiger partial charge in [-0.05, 0) is 6.92 Å². The predicted molar refractivity (Wildman–Crippen MR) is 50.7 cm³/mol. The summed E-state index contributed by atoms with van der Waals surface area (Å²) in [6, 6.07) is 0. The smallest absolute Gasteiger partial charge is 0.411 e. The molecule has 0 saturated heterocycles. The summed E-state index contributed by atoms with van der Waals surface area (Å²) in [4.78, 5) is 25.0. The van der Waals surface area contributed by atoms with Crippen molar-refractivity contribution >= 4 is 11.8 Å². The van der Waals surface area contributed by atoms with E-state index in [1.54, 1.807) is 0 Å². The number of ketones is 1. The van der Waals surface area contributed by atoms with Crippen molar-refractivity contribution in [2.24, 2.45) is 0 Å². The van der Waals surface area contributed by atoms with Gasteiger partial charge in [0.1, 0.15) is 0 Å². The molecule has 0 fully saturated rings. The zero-order valence-electron chi connectivity index (χ0n) is 9.83. The lowest BCUT2D eigenvalue weighted by atomic mass is 10.1. The number of carbonyl (C=O) groups excluding carboxylic acids is 2. The molecule has 19 heavy (non-hydrogen) atoms. The summed E-state index contributed by atoms with van der Waals surface area (Å²) in [5.74, 6) is -15.4. The van der Waals surface area contributed by atoms with E-state index in [0.717, 1.165) is 0 Å². The van der Waals surface area contributed by atoms with Gasteiger partial charge in [0.2, 0.25) is 5.78 Å². The summed E-state index contributed by atoms with van der Waals surface area (Å²) in [6.45, 7) is -0.367. The molecule has 0 amide bonds. The molecule has 10 heteroatoms. The summed E-state index contributed by atoms with van der Waals surface area (Å²) in [5, 5.41) is 7.84. The SMILES string of the molecule is CCOCOC(=O)C(F)(F)C(F)(F)C(=O)CCOO. The molecule has 1 N–H and O–H groups in total. The molecule has 6 nitrogen and oxygen atoms in total. The number of hydrogen-bond donors (Lipinski definition) is 1. The maximum Gasteiger partial charge on any atom is 0.411 e. The lowest BCUT2D eigenvalue weighted by molar-refractivity contribution is -0.248. The highest BCUT2D eigenvalue weighted by Crippen LogP contribution is 2.36. The molecule has 0 radical (unpaired) electrons. The van der Waals surface area contributed by atoms with E-state index < -0.39 is 43.4 Å². The van der Waals surface area contributed by atoms with E-state index in [1.165, 1.54) is 6.92 Å². The second kappa shape index (κ2) is 7.36. The standard InChI is InChI=1S/C9H12F4O6/c1-2-17-5-18-7(15)9(12,13)8(10,11)6(14)3-4-19-16/h16H,2-5H2,1H3. The average molecular weight is 292 g/mol. The molecule has 0 aliphatic carbocycles. The van der Waals surface area contributed by atoms with Gasteiger partial charge in [-0.3, -0.25) is 10.1 Å². The van der Waals surface area contributed by atoms with Gasteiger partial charge in [-0.1, -0.05) is 0 Å². The number of rotatable bonds is 9. The van der Waals surface area contributed by atoms with E-state index in [4.69, 9.17) is 5.26 Å². The fraction of sp³-hybridized carbons (Fsp3) is 0.778. The molecule has 112 valence electrons. The van der Waals surface area contributed by atoms with E-state index in [9.17, 15) is 27.2 Å². The zero-order chi connectivity index (χ0) is 15.1. The molecule has 0 atom stereocenters. The first-order chi connectivity index (χ1) is 8.71. The molecule has 0 unspecified atom stereocenters. The minimum absolute atomic E-state index is 0.0159. The van der Waals surface area contributed by atoms with Crippen molar-refractivity contribution in [3.63, 3.8) is 0 Å². The average Bonchev–Trinajstić information content (AvgIpc) is 2.35. The monoisotopic (exact) mass is 292 g/mol. The molecule has 0 spiro atoms. The van der Waals surface area contributed by atoms with E-state index in [-0.39, 0.29) is 6.61 Å². The van der Waals surface area contributed by atoms with Crippen LogP contribution in [0.4, 0.5) is 17.6 Å². The third-order valence-electron chi connectivity index (χ3n) is 1.90. The van der Waals surface area contributed by atoms with E-state index in [1.807, 2.05) is 0 Å². The fourth-order valence-corrected chi connectivity index (χ4v) is 0.868. The predicted octanol–water partition coefficient (Wildman–Crippen LogP) is 1.24. The highest BCUT2D eigenvalue weighted by atomic mass is 19.3. The Labute approximate surface area is 105 Å². The van der Waals surface area contributed by atoms with Crippen LogP contribution in [-0.4, -0.2) is 48.9 Å². The van der Waals surface area contributed by atoms with Gasteiger partial charge in [-0.25, -0.2) is 9.68 Å². The topological polar surface area (TPSA) is 82.1 Å². The quantitative estimate of drug-likeness (QED) is 0.172. The molecule has 0 bridgehead atoms. The van der Waals surface area contributed by atoms with E-state index in [2.05, 4.69) is 14.4 Å². The number of Topliss-reactive ketones (excluding diaryl/α,β-unsaturated/α-hetero) is 1.